The topological polar surface area (TPSA) is 54.6 Å². The van der Waals surface area contributed by atoms with Gasteiger partial charge in [0.2, 0.25) is 0 Å². The Kier molecular flexibility index (Phi) is 4.29. The number of hydrogen-bond donors (Lipinski definition) is 1. The van der Waals surface area contributed by atoms with Gasteiger partial charge < -0.3 is 19.4 Å². The predicted octanol–water partition coefficient (Wildman–Crippen LogP) is 3.99. The third-order valence-corrected chi connectivity index (χ3v) is 4.91. The van der Waals surface area contributed by atoms with Crippen molar-refractivity contribution in [1.29, 1.82) is 0 Å². The first-order valence-electron chi connectivity index (χ1n) is 8.80. The van der Waals surface area contributed by atoms with Gasteiger partial charge in [0, 0.05) is 29.7 Å². The van der Waals surface area contributed by atoms with Gasteiger partial charge in [-0.25, -0.2) is 0 Å². The molecule has 5 heteroatoms. The summed E-state index contributed by atoms with van der Waals surface area (Å²) in [4.78, 5) is 18.5. The molecule has 1 aliphatic rings. The average Bonchev–Trinajstić information content (AvgIpc) is 3.40. The molecule has 1 N–H and O–H groups in total. The van der Waals surface area contributed by atoms with Gasteiger partial charge in [0.1, 0.15) is 0 Å². The highest BCUT2D eigenvalue weighted by Gasteiger charge is 2.34. The lowest BCUT2D eigenvalue weighted by atomic mass is 10.1. The maximum absolute atomic E-state index is 13.3. The highest BCUT2D eigenvalue weighted by molar-refractivity contribution is 5.98. The van der Waals surface area contributed by atoms with Gasteiger partial charge in [0.15, 0.2) is 11.5 Å². The van der Waals surface area contributed by atoms with Crippen LogP contribution in [0.25, 0.3) is 10.9 Å². The van der Waals surface area contributed by atoms with Gasteiger partial charge in [-0.3, -0.25) is 4.79 Å². The third kappa shape index (κ3) is 2.90. The van der Waals surface area contributed by atoms with Crippen LogP contribution in [0.3, 0.4) is 0 Å². The summed E-state index contributed by atoms with van der Waals surface area (Å²) >= 11 is 0. The van der Waals surface area contributed by atoms with Crippen molar-refractivity contribution >= 4 is 16.8 Å². The van der Waals surface area contributed by atoms with Crippen LogP contribution >= 0.6 is 0 Å². The number of amides is 1. The second kappa shape index (κ2) is 6.75. The van der Waals surface area contributed by atoms with Gasteiger partial charge in [0.05, 0.1) is 19.8 Å². The number of benzene rings is 2. The van der Waals surface area contributed by atoms with Crippen LogP contribution < -0.4 is 9.47 Å². The van der Waals surface area contributed by atoms with E-state index in [-0.39, 0.29) is 11.9 Å². The average molecular weight is 350 g/mol. The number of carbonyl (C=O) groups excluding carboxylic acids is 1. The lowest BCUT2D eigenvalue weighted by Crippen LogP contribution is -2.33. The molecule has 0 unspecified atom stereocenters. The van der Waals surface area contributed by atoms with Crippen molar-refractivity contribution in [2.24, 2.45) is 0 Å². The summed E-state index contributed by atoms with van der Waals surface area (Å²) in [5, 5.41) is 1.16. The number of ether oxygens (including phenoxy) is 2. The maximum atomic E-state index is 13.3. The molecule has 3 aromatic rings. The van der Waals surface area contributed by atoms with E-state index >= 15 is 0 Å². The lowest BCUT2D eigenvalue weighted by molar-refractivity contribution is 0.0726. The molecule has 134 valence electrons. The lowest BCUT2D eigenvalue weighted by Gasteiger charge is -2.24. The van der Waals surface area contributed by atoms with Gasteiger partial charge in [0.25, 0.3) is 5.91 Å². The van der Waals surface area contributed by atoms with Gasteiger partial charge >= 0.3 is 0 Å². The molecule has 1 fully saturated rings. The molecule has 0 aliphatic heterocycles. The molecular formula is C21H22N2O3. The fourth-order valence-electron chi connectivity index (χ4n) is 3.44. The molecule has 2 aromatic carbocycles. The third-order valence-electron chi connectivity index (χ3n) is 4.91. The molecule has 1 saturated carbocycles. The Hall–Kier alpha value is -2.95. The van der Waals surface area contributed by atoms with E-state index in [0.717, 1.165) is 29.3 Å². The van der Waals surface area contributed by atoms with Crippen LogP contribution in [0.1, 0.15) is 28.8 Å². The molecule has 26 heavy (non-hydrogen) atoms. The molecule has 1 heterocycles. The van der Waals surface area contributed by atoms with E-state index in [1.54, 1.807) is 26.4 Å². The van der Waals surface area contributed by atoms with Crippen LogP contribution in [0.15, 0.2) is 48.7 Å². The molecule has 0 atom stereocenters. The second-order valence-corrected chi connectivity index (χ2v) is 6.56. The van der Waals surface area contributed by atoms with Crippen LogP contribution in [-0.2, 0) is 6.54 Å². The number of para-hydroxylation sites is 1. The Labute approximate surface area is 152 Å². The molecule has 0 bridgehead atoms. The number of carbonyl (C=O) groups is 1. The Balaban J connectivity index is 1.69. The van der Waals surface area contributed by atoms with E-state index in [9.17, 15) is 4.79 Å². The minimum absolute atomic E-state index is 0.0178. The quantitative estimate of drug-likeness (QED) is 0.731. The number of nitrogens with one attached hydrogen (secondary N) is 1. The summed E-state index contributed by atoms with van der Waals surface area (Å²) in [7, 11) is 3.15. The number of fused-ring (bicyclic) bond motifs is 1. The Morgan fingerprint density at radius 3 is 2.65 bits per heavy atom. The van der Waals surface area contributed by atoms with Crippen molar-refractivity contribution < 1.29 is 14.3 Å². The Morgan fingerprint density at radius 2 is 1.92 bits per heavy atom. The zero-order valence-corrected chi connectivity index (χ0v) is 15.0. The Morgan fingerprint density at radius 1 is 1.12 bits per heavy atom. The van der Waals surface area contributed by atoms with Crippen LogP contribution in [0.5, 0.6) is 11.5 Å². The molecule has 0 saturated heterocycles. The smallest absolute Gasteiger partial charge is 0.258 e. The summed E-state index contributed by atoms with van der Waals surface area (Å²) in [6, 6.07) is 13.9. The fourth-order valence-corrected chi connectivity index (χ4v) is 3.44. The molecule has 4 rings (SSSR count). The van der Waals surface area contributed by atoms with E-state index in [4.69, 9.17) is 9.47 Å². The first-order chi connectivity index (χ1) is 12.7. The van der Waals surface area contributed by atoms with Crippen molar-refractivity contribution in [2.45, 2.75) is 25.4 Å². The molecule has 1 aliphatic carbocycles. The van der Waals surface area contributed by atoms with Gasteiger partial charge in [-0.1, -0.05) is 18.2 Å². The van der Waals surface area contributed by atoms with Gasteiger partial charge in [-0.2, -0.15) is 0 Å². The summed E-state index contributed by atoms with van der Waals surface area (Å²) in [6.07, 6.45) is 4.02. The molecule has 0 spiro atoms. The molecule has 1 aromatic heterocycles. The van der Waals surface area contributed by atoms with Crippen LogP contribution in [0, 0.1) is 0 Å². The number of methoxy groups -OCH3 is 2. The van der Waals surface area contributed by atoms with E-state index < -0.39 is 0 Å². The highest BCUT2D eigenvalue weighted by Crippen LogP contribution is 2.36. The minimum Gasteiger partial charge on any atom is -0.493 e. The zero-order valence-electron chi connectivity index (χ0n) is 15.0. The van der Waals surface area contributed by atoms with E-state index in [2.05, 4.69) is 17.1 Å². The standard InChI is InChI=1S/C21H22N2O3/c1-25-19-8-4-6-17(20(19)26-2)21(24)23(15-9-10-15)13-14-5-3-7-18-16(14)11-12-22-18/h3-8,11-12,15,22H,9-10,13H2,1-2H3. The van der Waals surface area contributed by atoms with Crippen molar-refractivity contribution in [2.75, 3.05) is 14.2 Å². The second-order valence-electron chi connectivity index (χ2n) is 6.56. The van der Waals surface area contributed by atoms with E-state index in [1.807, 2.05) is 29.3 Å². The SMILES string of the molecule is COc1cccc(C(=O)N(Cc2cccc3[nH]ccc23)C2CC2)c1OC. The monoisotopic (exact) mass is 350 g/mol. The summed E-state index contributed by atoms with van der Waals surface area (Å²) in [6.45, 7) is 0.582. The van der Waals surface area contributed by atoms with E-state index in [0.29, 0.717) is 23.6 Å². The summed E-state index contributed by atoms with van der Waals surface area (Å²) in [5.41, 5.74) is 2.77. The summed E-state index contributed by atoms with van der Waals surface area (Å²) < 4.78 is 10.8. The van der Waals surface area contributed by atoms with Gasteiger partial charge in [-0.15, -0.1) is 0 Å². The highest BCUT2D eigenvalue weighted by atomic mass is 16.5. The van der Waals surface area contributed by atoms with Gasteiger partial charge in [-0.05, 0) is 42.7 Å². The first kappa shape index (κ1) is 16.5. The summed E-state index contributed by atoms with van der Waals surface area (Å²) in [5.74, 6) is 1.04. The number of aromatic nitrogens is 1. The number of H-pyrrole nitrogens is 1. The van der Waals surface area contributed by atoms with Crippen LogP contribution in [0.4, 0.5) is 0 Å². The molecule has 1 amide bonds. The van der Waals surface area contributed by atoms with Crippen molar-refractivity contribution in [1.82, 2.24) is 9.88 Å². The normalized spacial score (nSPS) is 13.6. The van der Waals surface area contributed by atoms with Crippen molar-refractivity contribution in [3.63, 3.8) is 0 Å². The fraction of sp³-hybridized carbons (Fsp3) is 0.286. The minimum atomic E-state index is -0.0178. The largest absolute Gasteiger partial charge is 0.493 e. The molecule has 0 radical (unpaired) electrons. The maximum Gasteiger partial charge on any atom is 0.258 e. The number of aromatic amines is 1. The van der Waals surface area contributed by atoms with Crippen LogP contribution in [0.2, 0.25) is 0 Å². The van der Waals surface area contributed by atoms with E-state index in [1.165, 1.54) is 0 Å². The zero-order chi connectivity index (χ0) is 18.1. The van der Waals surface area contributed by atoms with Crippen molar-refractivity contribution in [3.8, 4) is 11.5 Å². The first-order valence-corrected chi connectivity index (χ1v) is 8.80. The Bertz CT molecular complexity index is 943. The number of hydrogen-bond acceptors (Lipinski definition) is 3. The number of nitrogens with zero attached hydrogens (tertiary/aromatic N) is 1. The van der Waals surface area contributed by atoms with Crippen molar-refractivity contribution in [3.05, 3.63) is 59.8 Å². The molecular weight excluding hydrogens is 328 g/mol. The number of rotatable bonds is 6. The molecule has 5 nitrogen and oxygen atoms in total. The van der Waals surface area contributed by atoms with Crippen LogP contribution in [-0.4, -0.2) is 36.1 Å². The predicted molar refractivity (Wildman–Crippen MR) is 101 cm³/mol.